The maximum Gasteiger partial charge on any atom is 0.0722 e. The van der Waals surface area contributed by atoms with E-state index in [1.807, 2.05) is 31.2 Å². The van der Waals surface area contributed by atoms with E-state index in [9.17, 15) is 0 Å². The van der Waals surface area contributed by atoms with Crippen molar-refractivity contribution in [3.8, 4) is 0 Å². The number of rotatable bonds is 4. The lowest BCUT2D eigenvalue weighted by molar-refractivity contribution is 0.134. The first-order chi connectivity index (χ1) is 6.88. The lowest BCUT2D eigenvalue weighted by atomic mass is 10.1. The zero-order valence-electron chi connectivity index (χ0n) is 8.99. The minimum atomic E-state index is 0.679. The van der Waals surface area contributed by atoms with Crippen LogP contribution in [0.15, 0.2) is 30.8 Å². The minimum Gasteiger partial charge on any atom is -0.377 e. The van der Waals surface area contributed by atoms with Crippen molar-refractivity contribution < 1.29 is 4.74 Å². The third-order valence-electron chi connectivity index (χ3n) is 1.74. The summed E-state index contributed by atoms with van der Waals surface area (Å²) < 4.78 is 5.31. The summed E-state index contributed by atoms with van der Waals surface area (Å²) >= 11 is 0. The number of benzene rings is 1. The summed E-state index contributed by atoms with van der Waals surface area (Å²) in [5.41, 5.74) is 6.86. The molecule has 78 valence electrons. The van der Waals surface area contributed by atoms with Crippen LogP contribution in [0.5, 0.6) is 0 Å². The van der Waals surface area contributed by atoms with Crippen LogP contribution in [-0.4, -0.2) is 13.7 Å². The van der Waals surface area contributed by atoms with Gasteiger partial charge in [-0.1, -0.05) is 36.9 Å². The Morgan fingerprint density at radius 1 is 1.36 bits per heavy atom. The van der Waals surface area contributed by atoms with Gasteiger partial charge >= 0.3 is 0 Å². The SMILES string of the molecule is C=Cc1ccccc1COCC.CN. The molecule has 1 rings (SSSR count). The summed E-state index contributed by atoms with van der Waals surface area (Å²) in [6.07, 6.45) is 1.86. The van der Waals surface area contributed by atoms with Gasteiger partial charge in [-0.2, -0.15) is 0 Å². The van der Waals surface area contributed by atoms with Crippen LogP contribution in [0.2, 0.25) is 0 Å². The van der Waals surface area contributed by atoms with Crippen LogP contribution in [0.3, 0.4) is 0 Å². The van der Waals surface area contributed by atoms with Gasteiger partial charge in [0.05, 0.1) is 6.61 Å². The quantitative estimate of drug-likeness (QED) is 0.797. The number of hydrogen-bond acceptors (Lipinski definition) is 2. The monoisotopic (exact) mass is 193 g/mol. The van der Waals surface area contributed by atoms with Gasteiger partial charge in [0.1, 0.15) is 0 Å². The van der Waals surface area contributed by atoms with E-state index >= 15 is 0 Å². The molecule has 1 aromatic carbocycles. The molecule has 0 aromatic heterocycles. The molecule has 0 spiro atoms. The van der Waals surface area contributed by atoms with E-state index in [0.29, 0.717) is 6.61 Å². The predicted molar refractivity (Wildman–Crippen MR) is 62.0 cm³/mol. The molecule has 0 saturated carbocycles. The van der Waals surface area contributed by atoms with Crippen molar-refractivity contribution in [2.24, 2.45) is 5.73 Å². The Balaban J connectivity index is 0.000000791. The van der Waals surface area contributed by atoms with E-state index in [-0.39, 0.29) is 0 Å². The molecule has 0 atom stereocenters. The van der Waals surface area contributed by atoms with Crippen LogP contribution >= 0.6 is 0 Å². The molecule has 14 heavy (non-hydrogen) atoms. The Labute approximate surface area is 86.4 Å². The van der Waals surface area contributed by atoms with E-state index in [1.165, 1.54) is 12.6 Å². The highest BCUT2D eigenvalue weighted by molar-refractivity contribution is 5.51. The van der Waals surface area contributed by atoms with Crippen LogP contribution in [0.25, 0.3) is 6.08 Å². The molecular weight excluding hydrogens is 174 g/mol. The fourth-order valence-corrected chi connectivity index (χ4v) is 1.08. The molecule has 0 bridgehead atoms. The summed E-state index contributed by atoms with van der Waals surface area (Å²) in [5.74, 6) is 0. The van der Waals surface area contributed by atoms with Crippen molar-refractivity contribution in [2.75, 3.05) is 13.7 Å². The van der Waals surface area contributed by atoms with Crippen molar-refractivity contribution in [1.82, 2.24) is 0 Å². The zero-order chi connectivity index (χ0) is 10.8. The van der Waals surface area contributed by atoms with Gasteiger partial charge in [0.2, 0.25) is 0 Å². The molecule has 2 nitrogen and oxygen atoms in total. The predicted octanol–water partition coefficient (Wildman–Crippen LogP) is 2.44. The number of hydrogen-bond donors (Lipinski definition) is 1. The average Bonchev–Trinajstić information content (AvgIpc) is 2.29. The molecule has 0 aliphatic carbocycles. The Kier molecular flexibility index (Phi) is 7.80. The van der Waals surface area contributed by atoms with Crippen molar-refractivity contribution in [3.63, 3.8) is 0 Å². The van der Waals surface area contributed by atoms with Gasteiger partial charge in [-0.05, 0) is 25.1 Å². The fourth-order valence-electron chi connectivity index (χ4n) is 1.08. The van der Waals surface area contributed by atoms with Crippen molar-refractivity contribution in [3.05, 3.63) is 42.0 Å². The highest BCUT2D eigenvalue weighted by Crippen LogP contribution is 2.10. The molecule has 0 saturated heterocycles. The summed E-state index contributed by atoms with van der Waals surface area (Å²) in [5, 5.41) is 0. The maximum atomic E-state index is 5.31. The Hall–Kier alpha value is -1.12. The van der Waals surface area contributed by atoms with Crippen LogP contribution in [0.4, 0.5) is 0 Å². The standard InChI is InChI=1S/C11H14O.CH5N/c1-3-10-7-5-6-8-11(10)9-12-4-2;1-2/h3,5-8H,1,4,9H2,2H3;2H2,1H3. The molecule has 0 radical (unpaired) electrons. The van der Waals surface area contributed by atoms with E-state index in [0.717, 1.165) is 12.2 Å². The Morgan fingerprint density at radius 3 is 2.57 bits per heavy atom. The van der Waals surface area contributed by atoms with Crippen molar-refractivity contribution in [1.29, 1.82) is 0 Å². The molecule has 0 aliphatic rings. The molecule has 0 heterocycles. The van der Waals surface area contributed by atoms with Gasteiger partial charge in [-0.25, -0.2) is 0 Å². The fraction of sp³-hybridized carbons (Fsp3) is 0.333. The maximum absolute atomic E-state index is 5.31. The van der Waals surface area contributed by atoms with Crippen LogP contribution in [0.1, 0.15) is 18.1 Å². The topological polar surface area (TPSA) is 35.2 Å². The van der Waals surface area contributed by atoms with E-state index < -0.39 is 0 Å². The minimum absolute atomic E-state index is 0.679. The molecular formula is C12H19NO. The van der Waals surface area contributed by atoms with Gasteiger partial charge in [0.15, 0.2) is 0 Å². The number of nitrogens with two attached hydrogens (primary N) is 1. The third kappa shape index (κ3) is 4.21. The Bertz CT molecular complexity index is 258. The lowest BCUT2D eigenvalue weighted by Gasteiger charge is -2.04. The van der Waals surface area contributed by atoms with Crippen LogP contribution in [0, 0.1) is 0 Å². The highest BCUT2D eigenvalue weighted by atomic mass is 16.5. The van der Waals surface area contributed by atoms with E-state index in [4.69, 9.17) is 4.74 Å². The molecule has 0 aliphatic heterocycles. The van der Waals surface area contributed by atoms with E-state index in [1.54, 1.807) is 0 Å². The van der Waals surface area contributed by atoms with Crippen LogP contribution in [-0.2, 0) is 11.3 Å². The van der Waals surface area contributed by atoms with Gasteiger partial charge in [-0.15, -0.1) is 0 Å². The normalized spacial score (nSPS) is 8.79. The third-order valence-corrected chi connectivity index (χ3v) is 1.74. The first kappa shape index (κ1) is 12.9. The molecule has 2 N–H and O–H groups in total. The first-order valence-corrected chi connectivity index (χ1v) is 4.74. The second-order valence-corrected chi connectivity index (χ2v) is 2.54. The summed E-state index contributed by atoms with van der Waals surface area (Å²) in [6.45, 7) is 7.18. The van der Waals surface area contributed by atoms with E-state index in [2.05, 4.69) is 18.4 Å². The lowest BCUT2D eigenvalue weighted by Crippen LogP contribution is -1.93. The average molecular weight is 193 g/mol. The molecule has 2 heteroatoms. The number of ether oxygens (including phenoxy) is 1. The second-order valence-electron chi connectivity index (χ2n) is 2.54. The zero-order valence-corrected chi connectivity index (χ0v) is 8.99. The van der Waals surface area contributed by atoms with Crippen LogP contribution < -0.4 is 5.73 Å². The molecule has 0 unspecified atom stereocenters. The summed E-state index contributed by atoms with van der Waals surface area (Å²) in [6, 6.07) is 8.13. The van der Waals surface area contributed by atoms with Gasteiger partial charge < -0.3 is 10.5 Å². The smallest absolute Gasteiger partial charge is 0.0722 e. The summed E-state index contributed by atoms with van der Waals surface area (Å²) in [7, 11) is 1.50. The largest absolute Gasteiger partial charge is 0.377 e. The molecule has 0 amide bonds. The summed E-state index contributed by atoms with van der Waals surface area (Å²) in [4.78, 5) is 0. The Morgan fingerprint density at radius 2 is 2.00 bits per heavy atom. The van der Waals surface area contributed by atoms with Gasteiger partial charge in [0, 0.05) is 6.61 Å². The molecule has 1 aromatic rings. The van der Waals surface area contributed by atoms with Crippen molar-refractivity contribution >= 4 is 6.08 Å². The second kappa shape index (κ2) is 8.48. The van der Waals surface area contributed by atoms with Gasteiger partial charge in [0.25, 0.3) is 0 Å². The van der Waals surface area contributed by atoms with Crippen molar-refractivity contribution in [2.45, 2.75) is 13.5 Å². The van der Waals surface area contributed by atoms with Gasteiger partial charge in [-0.3, -0.25) is 0 Å². The molecule has 0 fully saturated rings. The first-order valence-electron chi connectivity index (χ1n) is 4.74. The highest BCUT2D eigenvalue weighted by Gasteiger charge is 1.96.